The zero-order chi connectivity index (χ0) is 17.7. The van der Waals surface area contributed by atoms with Crippen LogP contribution in [0.25, 0.3) is 6.08 Å². The molecule has 2 rings (SSSR count). The molecule has 0 unspecified atom stereocenters. The van der Waals surface area contributed by atoms with Crippen molar-refractivity contribution >= 4 is 11.9 Å². The standard InChI is InChI=1S/C18H18O6/c1-22-15-10-12(5-7-14(15)20)13(19)6-4-11-8-16(23-2)18(21)17(9-11)24-3/h4-10,20-21H,1-3H3/b6-4+. The van der Waals surface area contributed by atoms with Crippen LogP contribution >= 0.6 is 0 Å². The number of carbonyl (C=O) groups is 1. The van der Waals surface area contributed by atoms with E-state index in [-0.39, 0.29) is 34.5 Å². The SMILES string of the molecule is COc1cc(C(=O)/C=C/c2cc(OC)c(O)c(OC)c2)ccc1O. The van der Waals surface area contributed by atoms with E-state index in [4.69, 9.17) is 14.2 Å². The van der Waals surface area contributed by atoms with Gasteiger partial charge >= 0.3 is 0 Å². The molecule has 0 saturated heterocycles. The molecule has 2 aromatic carbocycles. The normalized spacial score (nSPS) is 10.6. The molecule has 2 N–H and O–H groups in total. The highest BCUT2D eigenvalue weighted by Gasteiger charge is 2.11. The molecule has 0 fully saturated rings. The first kappa shape index (κ1) is 17.2. The van der Waals surface area contributed by atoms with Crippen LogP contribution in [0.2, 0.25) is 0 Å². The molecule has 24 heavy (non-hydrogen) atoms. The average molecular weight is 330 g/mol. The van der Waals surface area contributed by atoms with Crippen LogP contribution in [0.3, 0.4) is 0 Å². The summed E-state index contributed by atoms with van der Waals surface area (Å²) in [4.78, 5) is 12.2. The van der Waals surface area contributed by atoms with E-state index in [0.717, 1.165) is 0 Å². The van der Waals surface area contributed by atoms with Gasteiger partial charge in [-0.3, -0.25) is 4.79 Å². The Bertz CT molecular complexity index is 754. The zero-order valence-corrected chi connectivity index (χ0v) is 13.6. The summed E-state index contributed by atoms with van der Waals surface area (Å²) in [5.41, 5.74) is 0.999. The first-order valence-electron chi connectivity index (χ1n) is 7.04. The minimum Gasteiger partial charge on any atom is -0.504 e. The molecule has 0 aliphatic rings. The molecule has 2 aromatic rings. The van der Waals surface area contributed by atoms with Gasteiger partial charge in [-0.05, 0) is 42.0 Å². The third kappa shape index (κ3) is 3.60. The number of phenols is 2. The van der Waals surface area contributed by atoms with E-state index in [1.54, 1.807) is 18.2 Å². The Morgan fingerprint density at radius 1 is 0.917 bits per heavy atom. The number of hydrogen-bond donors (Lipinski definition) is 2. The quantitative estimate of drug-likeness (QED) is 0.625. The number of ketones is 1. The minimum absolute atomic E-state index is 0.0361. The Kier molecular flexibility index (Phi) is 5.31. The number of benzene rings is 2. The van der Waals surface area contributed by atoms with E-state index in [1.807, 2.05) is 0 Å². The molecule has 0 radical (unpaired) electrons. The third-order valence-electron chi connectivity index (χ3n) is 3.39. The van der Waals surface area contributed by atoms with E-state index in [2.05, 4.69) is 0 Å². The van der Waals surface area contributed by atoms with Gasteiger partial charge in [0.15, 0.2) is 28.8 Å². The number of allylic oxidation sites excluding steroid dienone is 1. The summed E-state index contributed by atoms with van der Waals surface area (Å²) < 4.78 is 15.1. The molecule has 6 nitrogen and oxygen atoms in total. The summed E-state index contributed by atoms with van der Waals surface area (Å²) in [6, 6.07) is 7.52. The topological polar surface area (TPSA) is 85.2 Å². The monoisotopic (exact) mass is 330 g/mol. The molecule has 0 aliphatic heterocycles. The lowest BCUT2D eigenvalue weighted by molar-refractivity contribution is 0.104. The minimum atomic E-state index is -0.265. The summed E-state index contributed by atoms with van der Waals surface area (Å²) in [6.07, 6.45) is 2.95. The predicted octanol–water partition coefficient (Wildman–Crippen LogP) is 3.02. The first-order valence-corrected chi connectivity index (χ1v) is 7.04. The van der Waals surface area contributed by atoms with Crippen molar-refractivity contribution in [2.75, 3.05) is 21.3 Å². The van der Waals surface area contributed by atoms with Gasteiger partial charge in [0.1, 0.15) is 0 Å². The molecule has 0 aliphatic carbocycles. The van der Waals surface area contributed by atoms with Gasteiger partial charge < -0.3 is 24.4 Å². The molecule has 0 saturated carbocycles. The van der Waals surface area contributed by atoms with Gasteiger partial charge in [-0.1, -0.05) is 6.08 Å². The van der Waals surface area contributed by atoms with E-state index in [1.165, 1.54) is 45.6 Å². The fraction of sp³-hybridized carbons (Fsp3) is 0.167. The maximum absolute atomic E-state index is 12.2. The number of ether oxygens (including phenoxy) is 3. The lowest BCUT2D eigenvalue weighted by Gasteiger charge is -2.09. The van der Waals surface area contributed by atoms with Crippen LogP contribution < -0.4 is 14.2 Å². The van der Waals surface area contributed by atoms with Crippen molar-refractivity contribution < 1.29 is 29.2 Å². The molecule has 0 spiro atoms. The molecular weight excluding hydrogens is 312 g/mol. The van der Waals surface area contributed by atoms with Gasteiger partial charge in [-0.25, -0.2) is 0 Å². The Balaban J connectivity index is 2.29. The van der Waals surface area contributed by atoms with E-state index < -0.39 is 0 Å². The van der Waals surface area contributed by atoms with Crippen LogP contribution in [-0.4, -0.2) is 37.3 Å². The maximum Gasteiger partial charge on any atom is 0.200 e. The lowest BCUT2D eigenvalue weighted by Crippen LogP contribution is -1.95. The average Bonchev–Trinajstić information content (AvgIpc) is 2.60. The van der Waals surface area contributed by atoms with Crippen molar-refractivity contribution in [1.29, 1.82) is 0 Å². The molecule has 0 aromatic heterocycles. The largest absolute Gasteiger partial charge is 0.504 e. The Hall–Kier alpha value is -3.15. The van der Waals surface area contributed by atoms with Gasteiger partial charge in [0.2, 0.25) is 5.75 Å². The first-order chi connectivity index (χ1) is 11.5. The molecule has 126 valence electrons. The molecule has 0 bridgehead atoms. The second-order valence-corrected chi connectivity index (χ2v) is 4.86. The van der Waals surface area contributed by atoms with Gasteiger partial charge in [-0.15, -0.1) is 0 Å². The van der Waals surface area contributed by atoms with Crippen LogP contribution in [0, 0.1) is 0 Å². The fourth-order valence-corrected chi connectivity index (χ4v) is 2.11. The third-order valence-corrected chi connectivity index (χ3v) is 3.39. The fourth-order valence-electron chi connectivity index (χ4n) is 2.11. The van der Waals surface area contributed by atoms with Crippen LogP contribution in [0.5, 0.6) is 28.7 Å². The van der Waals surface area contributed by atoms with Gasteiger partial charge in [0, 0.05) is 5.56 Å². The van der Waals surface area contributed by atoms with Crippen molar-refractivity contribution in [3.63, 3.8) is 0 Å². The highest BCUT2D eigenvalue weighted by atomic mass is 16.5. The smallest absolute Gasteiger partial charge is 0.200 e. The summed E-state index contributed by atoms with van der Waals surface area (Å²) >= 11 is 0. The molecular formula is C18H18O6. The van der Waals surface area contributed by atoms with Gasteiger partial charge in [0.05, 0.1) is 21.3 Å². The zero-order valence-electron chi connectivity index (χ0n) is 13.6. The summed E-state index contributed by atoms with van der Waals surface area (Å²) in [6.45, 7) is 0. The Morgan fingerprint density at radius 3 is 2.04 bits per heavy atom. The van der Waals surface area contributed by atoms with Crippen molar-refractivity contribution in [3.05, 3.63) is 47.5 Å². The van der Waals surface area contributed by atoms with Crippen LogP contribution in [-0.2, 0) is 0 Å². The van der Waals surface area contributed by atoms with Crippen molar-refractivity contribution in [3.8, 4) is 28.7 Å². The van der Waals surface area contributed by atoms with Gasteiger partial charge in [0.25, 0.3) is 0 Å². The van der Waals surface area contributed by atoms with Crippen molar-refractivity contribution in [2.45, 2.75) is 0 Å². The summed E-state index contributed by atoms with van der Waals surface area (Å²) in [5, 5.41) is 19.4. The summed E-state index contributed by atoms with van der Waals surface area (Å²) in [7, 11) is 4.26. The molecule has 6 heteroatoms. The van der Waals surface area contributed by atoms with E-state index in [0.29, 0.717) is 11.1 Å². The van der Waals surface area contributed by atoms with E-state index >= 15 is 0 Å². The molecule has 0 atom stereocenters. The number of rotatable bonds is 6. The number of phenolic OH excluding ortho intramolecular Hbond substituents is 2. The molecule has 0 amide bonds. The number of carbonyl (C=O) groups excluding carboxylic acids is 1. The number of methoxy groups -OCH3 is 3. The molecule has 0 heterocycles. The highest BCUT2D eigenvalue weighted by Crippen LogP contribution is 2.37. The second kappa shape index (κ2) is 7.41. The number of hydrogen-bond acceptors (Lipinski definition) is 6. The van der Waals surface area contributed by atoms with E-state index in [9.17, 15) is 15.0 Å². The van der Waals surface area contributed by atoms with Crippen molar-refractivity contribution in [2.24, 2.45) is 0 Å². The Morgan fingerprint density at radius 2 is 1.50 bits per heavy atom. The van der Waals surface area contributed by atoms with Crippen LogP contribution in [0.1, 0.15) is 15.9 Å². The highest BCUT2D eigenvalue weighted by molar-refractivity contribution is 6.07. The maximum atomic E-state index is 12.2. The van der Waals surface area contributed by atoms with Crippen molar-refractivity contribution in [1.82, 2.24) is 0 Å². The van der Waals surface area contributed by atoms with Crippen LogP contribution in [0.15, 0.2) is 36.4 Å². The Labute approximate surface area is 139 Å². The van der Waals surface area contributed by atoms with Crippen LogP contribution in [0.4, 0.5) is 0 Å². The second-order valence-electron chi connectivity index (χ2n) is 4.86. The predicted molar refractivity (Wildman–Crippen MR) is 89.2 cm³/mol. The number of aromatic hydroxyl groups is 2. The summed E-state index contributed by atoms with van der Waals surface area (Å²) in [5.74, 6) is 0.305. The lowest BCUT2D eigenvalue weighted by atomic mass is 10.1. The van der Waals surface area contributed by atoms with Gasteiger partial charge in [-0.2, -0.15) is 0 Å².